The molecule has 0 aliphatic rings. The molecule has 172 valence electrons. The molecule has 0 saturated carbocycles. The Kier molecular flexibility index (Phi) is 11.4. The first-order chi connectivity index (χ1) is 15.3. The van der Waals surface area contributed by atoms with Crippen LogP contribution >= 0.6 is 0 Å². The minimum Gasteiger partial charge on any atom is -0.496 e. The first-order valence-corrected chi connectivity index (χ1v) is 9.56. The maximum absolute atomic E-state index is 11.6. The second kappa shape index (κ2) is 14.0. The number of carboxylic acids is 2. The number of para-hydroxylation sites is 2. The van der Waals surface area contributed by atoms with Gasteiger partial charge < -0.3 is 30.3 Å². The molecule has 10 nitrogen and oxygen atoms in total. The molecule has 4 N–H and O–H groups in total. The third-order valence-corrected chi connectivity index (χ3v) is 3.95. The van der Waals surface area contributed by atoms with E-state index in [2.05, 4.69) is 10.6 Å². The number of carbonyl (C=O) groups excluding carboxylic acids is 2. The molecule has 0 aliphatic heterocycles. The topological polar surface area (TPSA) is 151 Å². The minimum atomic E-state index is -0.944. The van der Waals surface area contributed by atoms with E-state index in [1.54, 1.807) is 48.5 Å². The van der Waals surface area contributed by atoms with Crippen LogP contribution in [0.3, 0.4) is 0 Å². The zero-order chi connectivity index (χ0) is 23.9. The van der Waals surface area contributed by atoms with Crippen LogP contribution in [0.15, 0.2) is 48.5 Å². The fourth-order valence-corrected chi connectivity index (χ4v) is 2.42. The monoisotopic (exact) mass is 446 g/mol. The van der Waals surface area contributed by atoms with Gasteiger partial charge >= 0.3 is 11.9 Å². The summed E-state index contributed by atoms with van der Waals surface area (Å²) < 4.78 is 10.0. The van der Waals surface area contributed by atoms with E-state index in [1.165, 1.54) is 14.2 Å². The van der Waals surface area contributed by atoms with Crippen molar-refractivity contribution in [2.24, 2.45) is 0 Å². The molecule has 10 heteroatoms. The highest BCUT2D eigenvalue weighted by Crippen LogP contribution is 2.17. The van der Waals surface area contributed by atoms with E-state index in [-0.39, 0.29) is 37.7 Å². The first-order valence-electron chi connectivity index (χ1n) is 9.56. The number of hydrogen-bond acceptors (Lipinski definition) is 6. The van der Waals surface area contributed by atoms with Crippen molar-refractivity contribution in [3.8, 4) is 11.5 Å². The molecule has 0 atom stereocenters. The molecule has 2 amide bonds. The van der Waals surface area contributed by atoms with E-state index >= 15 is 0 Å². The number of methoxy groups -OCH3 is 2. The molecule has 0 unspecified atom stereocenters. The SMILES string of the molecule is COc1ccccc1C(=O)NCCC(=O)O.COc1ccccc1C(=O)NCCC(=O)O. The van der Waals surface area contributed by atoms with Gasteiger partial charge in [0.05, 0.1) is 38.2 Å². The molecule has 0 radical (unpaired) electrons. The predicted molar refractivity (Wildman–Crippen MR) is 115 cm³/mol. The van der Waals surface area contributed by atoms with E-state index in [4.69, 9.17) is 19.7 Å². The number of benzene rings is 2. The molecule has 32 heavy (non-hydrogen) atoms. The summed E-state index contributed by atoms with van der Waals surface area (Å²) in [7, 11) is 2.95. The number of carboxylic acid groups (broad SMARTS) is 2. The van der Waals surface area contributed by atoms with E-state index < -0.39 is 11.9 Å². The fourth-order valence-electron chi connectivity index (χ4n) is 2.42. The maximum atomic E-state index is 11.6. The maximum Gasteiger partial charge on any atom is 0.305 e. The largest absolute Gasteiger partial charge is 0.496 e. The van der Waals surface area contributed by atoms with Crippen LogP contribution in [0.4, 0.5) is 0 Å². The molecule has 0 heterocycles. The summed E-state index contributed by atoms with van der Waals surface area (Å²) in [5, 5.41) is 21.9. The Bertz CT molecular complexity index is 854. The molecular weight excluding hydrogens is 420 g/mol. The van der Waals surface area contributed by atoms with Crippen molar-refractivity contribution < 1.29 is 38.9 Å². The standard InChI is InChI=1S/2C11H13NO4/c2*1-16-9-5-3-2-4-8(9)11(15)12-7-6-10(13)14/h2*2-5H,6-7H2,1H3,(H,12,15)(H,13,14). The Morgan fingerprint density at radius 1 is 0.688 bits per heavy atom. The van der Waals surface area contributed by atoms with Gasteiger partial charge in [-0.25, -0.2) is 0 Å². The number of hydrogen-bond donors (Lipinski definition) is 4. The summed E-state index contributed by atoms with van der Waals surface area (Å²) >= 11 is 0. The second-order valence-corrected chi connectivity index (χ2v) is 6.20. The molecule has 2 aromatic rings. The molecular formula is C22H26N2O8. The zero-order valence-electron chi connectivity index (χ0n) is 17.8. The summed E-state index contributed by atoms with van der Waals surface area (Å²) in [6.45, 7) is 0.207. The van der Waals surface area contributed by atoms with Crippen LogP contribution in [0.5, 0.6) is 11.5 Å². The quantitative estimate of drug-likeness (QED) is 0.431. The van der Waals surface area contributed by atoms with Gasteiger partial charge in [-0.1, -0.05) is 24.3 Å². The van der Waals surface area contributed by atoms with Gasteiger partial charge in [0, 0.05) is 13.1 Å². The van der Waals surface area contributed by atoms with Gasteiger partial charge in [0.15, 0.2) is 0 Å². The Morgan fingerprint density at radius 2 is 1.03 bits per heavy atom. The minimum absolute atomic E-state index is 0.0963. The lowest BCUT2D eigenvalue weighted by Gasteiger charge is -2.07. The van der Waals surface area contributed by atoms with Crippen LogP contribution in [0.1, 0.15) is 33.6 Å². The van der Waals surface area contributed by atoms with Crippen LogP contribution in [0.25, 0.3) is 0 Å². The highest BCUT2D eigenvalue weighted by molar-refractivity contribution is 5.97. The van der Waals surface area contributed by atoms with Gasteiger partial charge in [-0.05, 0) is 24.3 Å². The zero-order valence-corrected chi connectivity index (χ0v) is 17.8. The van der Waals surface area contributed by atoms with Gasteiger partial charge in [0.25, 0.3) is 11.8 Å². The van der Waals surface area contributed by atoms with Crippen LogP contribution < -0.4 is 20.1 Å². The lowest BCUT2D eigenvalue weighted by molar-refractivity contribution is -0.137. The number of aliphatic carboxylic acids is 2. The second-order valence-electron chi connectivity index (χ2n) is 6.20. The number of amides is 2. The molecule has 0 saturated heterocycles. The van der Waals surface area contributed by atoms with E-state index in [0.717, 1.165) is 0 Å². The van der Waals surface area contributed by atoms with Gasteiger partial charge in [-0.15, -0.1) is 0 Å². The molecule has 0 fully saturated rings. The molecule has 0 spiro atoms. The molecule has 2 aromatic carbocycles. The number of carbonyl (C=O) groups is 4. The Balaban J connectivity index is 0.000000320. The van der Waals surface area contributed by atoms with Gasteiger partial charge in [0.2, 0.25) is 0 Å². The Morgan fingerprint density at radius 3 is 1.34 bits per heavy atom. The first kappa shape index (κ1) is 26.0. The van der Waals surface area contributed by atoms with E-state index in [1.807, 2.05) is 0 Å². The molecule has 0 aromatic heterocycles. The van der Waals surface area contributed by atoms with Gasteiger partial charge in [0.1, 0.15) is 11.5 Å². The highest BCUT2D eigenvalue weighted by Gasteiger charge is 2.11. The van der Waals surface area contributed by atoms with Crippen molar-refractivity contribution in [3.63, 3.8) is 0 Å². The van der Waals surface area contributed by atoms with Crippen LogP contribution in [-0.2, 0) is 9.59 Å². The highest BCUT2D eigenvalue weighted by atomic mass is 16.5. The molecule has 0 bridgehead atoms. The summed E-state index contributed by atoms with van der Waals surface area (Å²) in [5.41, 5.74) is 0.797. The van der Waals surface area contributed by atoms with Crippen molar-refractivity contribution in [1.29, 1.82) is 0 Å². The predicted octanol–water partition coefficient (Wildman–Crippen LogP) is 1.80. The van der Waals surface area contributed by atoms with Crippen LogP contribution in [0.2, 0.25) is 0 Å². The van der Waals surface area contributed by atoms with Crippen molar-refractivity contribution in [1.82, 2.24) is 10.6 Å². The third kappa shape index (κ3) is 9.16. The lowest BCUT2D eigenvalue weighted by atomic mass is 10.2. The van der Waals surface area contributed by atoms with Crippen LogP contribution in [-0.4, -0.2) is 61.3 Å². The van der Waals surface area contributed by atoms with Crippen molar-refractivity contribution in [3.05, 3.63) is 59.7 Å². The van der Waals surface area contributed by atoms with E-state index in [9.17, 15) is 19.2 Å². The van der Waals surface area contributed by atoms with Crippen molar-refractivity contribution in [2.75, 3.05) is 27.3 Å². The number of nitrogens with one attached hydrogen (secondary N) is 2. The lowest BCUT2D eigenvalue weighted by Crippen LogP contribution is -2.26. The van der Waals surface area contributed by atoms with Crippen molar-refractivity contribution in [2.45, 2.75) is 12.8 Å². The molecule has 0 aliphatic carbocycles. The average molecular weight is 446 g/mol. The summed E-state index contributed by atoms with van der Waals surface area (Å²) in [5.74, 6) is -1.62. The number of rotatable bonds is 10. The molecule has 2 rings (SSSR count). The average Bonchev–Trinajstić information content (AvgIpc) is 2.78. The Labute approximate surface area is 185 Å². The van der Waals surface area contributed by atoms with Crippen molar-refractivity contribution >= 4 is 23.8 Å². The normalized spacial score (nSPS) is 9.56. The third-order valence-electron chi connectivity index (χ3n) is 3.95. The van der Waals surface area contributed by atoms with Gasteiger partial charge in [-0.2, -0.15) is 0 Å². The van der Waals surface area contributed by atoms with E-state index in [0.29, 0.717) is 22.6 Å². The summed E-state index contributed by atoms with van der Waals surface area (Å²) in [6.07, 6.45) is -0.193. The smallest absolute Gasteiger partial charge is 0.305 e. The fraction of sp³-hybridized carbons (Fsp3) is 0.273. The Hall–Kier alpha value is -4.08. The summed E-state index contributed by atoms with van der Waals surface area (Å²) in [4.78, 5) is 43.8. The number of ether oxygens (including phenoxy) is 2. The van der Waals surface area contributed by atoms with Gasteiger partial charge in [-0.3, -0.25) is 19.2 Å². The summed E-state index contributed by atoms with van der Waals surface area (Å²) in [6, 6.07) is 13.5. The van der Waals surface area contributed by atoms with Crippen LogP contribution in [0, 0.1) is 0 Å².